The first-order valence-corrected chi connectivity index (χ1v) is 9.85. The number of fused-ring (bicyclic) bond motifs is 1. The highest BCUT2D eigenvalue weighted by Gasteiger charge is 2.33. The zero-order valence-electron chi connectivity index (χ0n) is 15.8. The number of para-hydroxylation sites is 1. The molecule has 138 valence electrons. The van der Waals surface area contributed by atoms with Crippen LogP contribution in [0.4, 0.5) is 0 Å². The van der Waals surface area contributed by atoms with Crippen molar-refractivity contribution in [2.24, 2.45) is 11.8 Å². The van der Waals surface area contributed by atoms with E-state index >= 15 is 0 Å². The van der Waals surface area contributed by atoms with Gasteiger partial charge in [-0.15, -0.1) is 0 Å². The summed E-state index contributed by atoms with van der Waals surface area (Å²) in [6, 6.07) is 8.10. The van der Waals surface area contributed by atoms with E-state index in [9.17, 15) is 4.79 Å². The Morgan fingerprint density at radius 2 is 1.84 bits per heavy atom. The van der Waals surface area contributed by atoms with Crippen molar-refractivity contribution in [1.29, 1.82) is 0 Å². The van der Waals surface area contributed by atoms with E-state index in [2.05, 4.69) is 25.2 Å². The standard InChI is InChI=1S/C21H32N2O2/c1-4-19(25-20-8-6-5-7-18(20)15(2)3)21(24)23-11-9-16-13-22-14-17(16)10-12-23/h5-8,15-17,19,22H,4,9-14H2,1-3H3/t16-,17+,19?. The quantitative estimate of drug-likeness (QED) is 0.890. The summed E-state index contributed by atoms with van der Waals surface area (Å²) in [5, 5.41) is 3.49. The van der Waals surface area contributed by atoms with Crippen LogP contribution in [-0.4, -0.2) is 43.1 Å². The van der Waals surface area contributed by atoms with Gasteiger partial charge in [-0.05, 0) is 61.7 Å². The molecule has 2 heterocycles. The van der Waals surface area contributed by atoms with Crippen molar-refractivity contribution in [3.63, 3.8) is 0 Å². The molecule has 4 nitrogen and oxygen atoms in total. The smallest absolute Gasteiger partial charge is 0.263 e. The third-order valence-electron chi connectivity index (χ3n) is 5.79. The maximum Gasteiger partial charge on any atom is 0.263 e. The summed E-state index contributed by atoms with van der Waals surface area (Å²) in [7, 11) is 0. The maximum absolute atomic E-state index is 13.1. The van der Waals surface area contributed by atoms with E-state index in [1.165, 1.54) is 5.56 Å². The normalized spacial score (nSPS) is 24.7. The molecule has 4 heteroatoms. The second-order valence-corrected chi connectivity index (χ2v) is 7.79. The van der Waals surface area contributed by atoms with Crippen LogP contribution in [0.5, 0.6) is 5.75 Å². The minimum atomic E-state index is -0.379. The summed E-state index contributed by atoms with van der Waals surface area (Å²) in [5.41, 5.74) is 1.17. The fraction of sp³-hybridized carbons (Fsp3) is 0.667. The highest BCUT2D eigenvalue weighted by Crippen LogP contribution is 2.29. The van der Waals surface area contributed by atoms with E-state index in [0.717, 1.165) is 56.6 Å². The van der Waals surface area contributed by atoms with Crippen molar-refractivity contribution in [1.82, 2.24) is 10.2 Å². The predicted molar refractivity (Wildman–Crippen MR) is 101 cm³/mol. The Hall–Kier alpha value is -1.55. The number of nitrogens with one attached hydrogen (secondary N) is 1. The number of nitrogens with zero attached hydrogens (tertiary/aromatic N) is 1. The fourth-order valence-corrected chi connectivity index (χ4v) is 4.17. The Bertz CT molecular complexity index is 573. The molecule has 1 aromatic rings. The van der Waals surface area contributed by atoms with Gasteiger partial charge in [-0.2, -0.15) is 0 Å². The molecule has 0 aromatic heterocycles. The van der Waals surface area contributed by atoms with Gasteiger partial charge in [-0.25, -0.2) is 0 Å². The van der Waals surface area contributed by atoms with Crippen molar-refractivity contribution >= 4 is 5.91 Å². The number of amides is 1. The molecule has 0 aliphatic carbocycles. The van der Waals surface area contributed by atoms with Crippen LogP contribution in [0, 0.1) is 11.8 Å². The molecule has 2 aliphatic heterocycles. The van der Waals surface area contributed by atoms with Crippen LogP contribution in [0.25, 0.3) is 0 Å². The first-order chi connectivity index (χ1) is 12.1. The molecular weight excluding hydrogens is 312 g/mol. The van der Waals surface area contributed by atoms with Crippen LogP contribution >= 0.6 is 0 Å². The van der Waals surface area contributed by atoms with Gasteiger partial charge in [0.05, 0.1) is 0 Å². The Morgan fingerprint density at radius 3 is 2.44 bits per heavy atom. The Kier molecular flexibility index (Phi) is 6.00. The lowest BCUT2D eigenvalue weighted by Gasteiger charge is -2.27. The molecule has 3 atom stereocenters. The van der Waals surface area contributed by atoms with Gasteiger partial charge in [0.2, 0.25) is 0 Å². The lowest BCUT2D eigenvalue weighted by Crippen LogP contribution is -2.42. The average molecular weight is 344 g/mol. The number of hydrogen-bond donors (Lipinski definition) is 1. The summed E-state index contributed by atoms with van der Waals surface area (Å²) in [4.78, 5) is 15.1. The highest BCUT2D eigenvalue weighted by atomic mass is 16.5. The molecular formula is C21H32N2O2. The zero-order chi connectivity index (χ0) is 17.8. The second-order valence-electron chi connectivity index (χ2n) is 7.79. The minimum Gasteiger partial charge on any atom is -0.480 e. The Morgan fingerprint density at radius 1 is 1.20 bits per heavy atom. The van der Waals surface area contributed by atoms with Crippen LogP contribution in [-0.2, 0) is 4.79 Å². The van der Waals surface area contributed by atoms with Crippen LogP contribution in [0.15, 0.2) is 24.3 Å². The molecule has 0 bridgehead atoms. The lowest BCUT2D eigenvalue weighted by atomic mass is 9.92. The number of ether oxygens (including phenoxy) is 1. The predicted octanol–water partition coefficient (Wildman–Crippen LogP) is 3.43. The number of carbonyl (C=O) groups is 1. The number of hydrogen-bond acceptors (Lipinski definition) is 3. The SMILES string of the molecule is CCC(Oc1ccccc1C(C)C)C(=O)N1CC[C@@H]2CNC[C@@H]2CC1. The summed E-state index contributed by atoms with van der Waals surface area (Å²) >= 11 is 0. The number of benzene rings is 1. The van der Waals surface area contributed by atoms with E-state index in [0.29, 0.717) is 12.3 Å². The molecule has 0 radical (unpaired) electrons. The molecule has 3 rings (SSSR count). The van der Waals surface area contributed by atoms with Crippen molar-refractivity contribution in [3.8, 4) is 5.75 Å². The molecule has 0 spiro atoms. The molecule has 2 saturated heterocycles. The molecule has 0 saturated carbocycles. The molecule has 25 heavy (non-hydrogen) atoms. The molecule has 1 aromatic carbocycles. The van der Waals surface area contributed by atoms with Crippen molar-refractivity contribution in [3.05, 3.63) is 29.8 Å². The summed E-state index contributed by atoms with van der Waals surface area (Å²) in [5.74, 6) is 2.87. The largest absolute Gasteiger partial charge is 0.480 e. The van der Waals surface area contributed by atoms with Gasteiger partial charge in [0, 0.05) is 13.1 Å². The van der Waals surface area contributed by atoms with Gasteiger partial charge in [-0.3, -0.25) is 4.79 Å². The maximum atomic E-state index is 13.1. The van der Waals surface area contributed by atoms with Crippen molar-refractivity contribution in [2.75, 3.05) is 26.2 Å². The van der Waals surface area contributed by atoms with E-state index in [4.69, 9.17) is 4.74 Å². The monoisotopic (exact) mass is 344 g/mol. The van der Waals surface area contributed by atoms with E-state index < -0.39 is 0 Å². The van der Waals surface area contributed by atoms with E-state index in [-0.39, 0.29) is 12.0 Å². The first-order valence-electron chi connectivity index (χ1n) is 9.85. The van der Waals surface area contributed by atoms with Gasteiger partial charge in [0.1, 0.15) is 5.75 Å². The third kappa shape index (κ3) is 4.17. The van der Waals surface area contributed by atoms with E-state index in [1.54, 1.807) is 0 Å². The Balaban J connectivity index is 1.67. The summed E-state index contributed by atoms with van der Waals surface area (Å²) in [6.07, 6.45) is 2.55. The van der Waals surface area contributed by atoms with Gasteiger partial charge in [0.25, 0.3) is 5.91 Å². The van der Waals surface area contributed by atoms with Gasteiger partial charge in [-0.1, -0.05) is 39.0 Å². The molecule has 1 unspecified atom stereocenters. The van der Waals surface area contributed by atoms with Crippen LogP contribution < -0.4 is 10.1 Å². The van der Waals surface area contributed by atoms with Crippen LogP contribution in [0.2, 0.25) is 0 Å². The van der Waals surface area contributed by atoms with Gasteiger partial charge < -0.3 is 15.0 Å². The highest BCUT2D eigenvalue weighted by molar-refractivity contribution is 5.81. The Labute approximate surface area is 151 Å². The van der Waals surface area contributed by atoms with Gasteiger partial charge >= 0.3 is 0 Å². The molecule has 2 aliphatic rings. The number of likely N-dealkylation sites (tertiary alicyclic amines) is 1. The topological polar surface area (TPSA) is 41.6 Å². The van der Waals surface area contributed by atoms with E-state index in [1.807, 2.05) is 30.0 Å². The van der Waals surface area contributed by atoms with Crippen LogP contribution in [0.1, 0.15) is 51.5 Å². The van der Waals surface area contributed by atoms with Crippen molar-refractivity contribution < 1.29 is 9.53 Å². The molecule has 1 amide bonds. The number of carbonyl (C=O) groups excluding carboxylic acids is 1. The average Bonchev–Trinajstić information content (AvgIpc) is 2.97. The van der Waals surface area contributed by atoms with Gasteiger partial charge in [0.15, 0.2) is 6.10 Å². The molecule has 2 fully saturated rings. The lowest BCUT2D eigenvalue weighted by molar-refractivity contribution is -0.138. The second kappa shape index (κ2) is 8.22. The zero-order valence-corrected chi connectivity index (χ0v) is 15.8. The first kappa shape index (κ1) is 18.2. The van der Waals surface area contributed by atoms with Crippen LogP contribution in [0.3, 0.4) is 0 Å². The van der Waals surface area contributed by atoms with Crippen molar-refractivity contribution in [2.45, 2.75) is 52.1 Å². The summed E-state index contributed by atoms with van der Waals surface area (Å²) < 4.78 is 6.20. The fourth-order valence-electron chi connectivity index (χ4n) is 4.17. The minimum absolute atomic E-state index is 0.161. The third-order valence-corrected chi connectivity index (χ3v) is 5.79. The molecule has 1 N–H and O–H groups in total. The summed E-state index contributed by atoms with van der Waals surface area (Å²) in [6.45, 7) is 10.3. The number of rotatable bonds is 5.